The van der Waals surface area contributed by atoms with E-state index < -0.39 is 5.82 Å². The molecule has 2 rings (SSSR count). The second kappa shape index (κ2) is 5.65. The Balaban J connectivity index is 2.28. The van der Waals surface area contributed by atoms with Crippen molar-refractivity contribution in [2.75, 3.05) is 0 Å². The molecule has 0 bridgehead atoms. The first-order valence-corrected chi connectivity index (χ1v) is 6.24. The van der Waals surface area contributed by atoms with Crippen molar-refractivity contribution >= 4 is 27.5 Å². The summed E-state index contributed by atoms with van der Waals surface area (Å²) >= 11 is 9.07. The molecule has 0 aliphatic heterocycles. The van der Waals surface area contributed by atoms with Crippen molar-refractivity contribution in [3.05, 3.63) is 51.3 Å². The van der Waals surface area contributed by atoms with Gasteiger partial charge in [-0.1, -0.05) is 27.5 Å². The van der Waals surface area contributed by atoms with E-state index in [9.17, 15) is 4.39 Å². The van der Waals surface area contributed by atoms with Gasteiger partial charge in [0.05, 0.1) is 5.02 Å². The van der Waals surface area contributed by atoms with E-state index in [1.807, 2.05) is 0 Å². The molecule has 0 atom stereocenters. The Morgan fingerprint density at radius 1 is 1.33 bits per heavy atom. The summed E-state index contributed by atoms with van der Waals surface area (Å²) in [6.45, 7) is 0.282. The van der Waals surface area contributed by atoms with Crippen molar-refractivity contribution in [2.24, 2.45) is 5.73 Å². The third kappa shape index (κ3) is 3.19. The molecule has 18 heavy (non-hydrogen) atoms. The first-order chi connectivity index (χ1) is 8.58. The van der Waals surface area contributed by atoms with E-state index in [-0.39, 0.29) is 6.54 Å². The molecular formula is C12H9BrClFN2O. The van der Waals surface area contributed by atoms with Crippen molar-refractivity contribution in [3.63, 3.8) is 0 Å². The Morgan fingerprint density at radius 2 is 2.11 bits per heavy atom. The van der Waals surface area contributed by atoms with Crippen LogP contribution in [0, 0.1) is 5.82 Å². The van der Waals surface area contributed by atoms with Gasteiger partial charge >= 0.3 is 0 Å². The Bertz CT molecular complexity index is 560. The second-order valence-electron chi connectivity index (χ2n) is 3.53. The minimum absolute atomic E-state index is 0.282. The fraction of sp³-hybridized carbons (Fsp3) is 0.0833. The molecular weight excluding hydrogens is 322 g/mol. The van der Waals surface area contributed by atoms with Crippen LogP contribution in [-0.2, 0) is 6.54 Å². The summed E-state index contributed by atoms with van der Waals surface area (Å²) in [5, 5.41) is 0.477. The van der Waals surface area contributed by atoms with Crippen LogP contribution >= 0.6 is 27.5 Å². The normalized spacial score (nSPS) is 10.4. The van der Waals surface area contributed by atoms with Gasteiger partial charge in [-0.15, -0.1) is 0 Å². The summed E-state index contributed by atoms with van der Waals surface area (Å²) in [6.07, 6.45) is 1.45. The number of hydrogen-bond donors (Lipinski definition) is 1. The molecule has 94 valence electrons. The topological polar surface area (TPSA) is 48.1 Å². The van der Waals surface area contributed by atoms with Gasteiger partial charge in [0.1, 0.15) is 11.6 Å². The third-order valence-electron chi connectivity index (χ3n) is 2.19. The predicted molar refractivity (Wildman–Crippen MR) is 71.3 cm³/mol. The lowest BCUT2D eigenvalue weighted by Crippen LogP contribution is -1.99. The number of ether oxygens (including phenoxy) is 1. The number of benzene rings is 1. The minimum Gasteiger partial charge on any atom is -0.439 e. The van der Waals surface area contributed by atoms with Gasteiger partial charge < -0.3 is 10.5 Å². The average Bonchev–Trinajstić information content (AvgIpc) is 2.30. The van der Waals surface area contributed by atoms with E-state index in [1.165, 1.54) is 18.3 Å². The Labute approximate surface area is 117 Å². The minimum atomic E-state index is -0.396. The SMILES string of the molecule is NCc1cc(Oc2cc(F)cc(Br)c2)ncc1Cl. The van der Waals surface area contributed by atoms with Gasteiger partial charge in [0, 0.05) is 29.3 Å². The van der Waals surface area contributed by atoms with Crippen LogP contribution < -0.4 is 10.5 Å². The molecule has 0 aliphatic rings. The van der Waals surface area contributed by atoms with Crippen LogP contribution in [0.4, 0.5) is 4.39 Å². The van der Waals surface area contributed by atoms with Crippen molar-refractivity contribution in [1.82, 2.24) is 4.98 Å². The first kappa shape index (κ1) is 13.3. The number of nitrogens with two attached hydrogens (primary N) is 1. The summed E-state index contributed by atoms with van der Waals surface area (Å²) in [7, 11) is 0. The molecule has 0 aliphatic carbocycles. The summed E-state index contributed by atoms with van der Waals surface area (Å²) < 4.78 is 19.2. The highest BCUT2D eigenvalue weighted by Gasteiger charge is 2.06. The first-order valence-electron chi connectivity index (χ1n) is 5.07. The number of pyridine rings is 1. The fourth-order valence-corrected chi connectivity index (χ4v) is 2.00. The number of nitrogens with zero attached hydrogens (tertiary/aromatic N) is 1. The number of hydrogen-bond acceptors (Lipinski definition) is 3. The number of rotatable bonds is 3. The summed E-state index contributed by atoms with van der Waals surface area (Å²) in [6, 6.07) is 5.87. The Hall–Kier alpha value is -1.17. The van der Waals surface area contributed by atoms with Gasteiger partial charge in [0.25, 0.3) is 0 Å². The van der Waals surface area contributed by atoms with Crippen LogP contribution in [0.25, 0.3) is 0 Å². The van der Waals surface area contributed by atoms with Crippen LogP contribution in [0.5, 0.6) is 11.6 Å². The Kier molecular flexibility index (Phi) is 4.16. The summed E-state index contributed by atoms with van der Waals surface area (Å²) in [5.41, 5.74) is 6.25. The molecule has 1 heterocycles. The van der Waals surface area contributed by atoms with E-state index in [0.717, 1.165) is 5.56 Å². The number of aromatic nitrogens is 1. The smallest absolute Gasteiger partial charge is 0.219 e. The second-order valence-corrected chi connectivity index (χ2v) is 4.85. The highest BCUT2D eigenvalue weighted by atomic mass is 79.9. The number of halogens is 3. The lowest BCUT2D eigenvalue weighted by Gasteiger charge is -2.07. The molecule has 2 aromatic rings. The van der Waals surface area contributed by atoms with E-state index in [0.29, 0.717) is 21.1 Å². The maximum atomic E-state index is 13.2. The van der Waals surface area contributed by atoms with Crippen LogP contribution in [0.2, 0.25) is 5.02 Å². The Morgan fingerprint density at radius 3 is 2.78 bits per heavy atom. The summed E-state index contributed by atoms with van der Waals surface area (Å²) in [5.74, 6) is 0.268. The van der Waals surface area contributed by atoms with Crippen LogP contribution in [-0.4, -0.2) is 4.98 Å². The van der Waals surface area contributed by atoms with Gasteiger partial charge in [0.2, 0.25) is 5.88 Å². The molecule has 0 amide bonds. The zero-order valence-corrected chi connectivity index (χ0v) is 11.5. The van der Waals surface area contributed by atoms with Crippen molar-refractivity contribution in [2.45, 2.75) is 6.54 Å². The van der Waals surface area contributed by atoms with Crippen molar-refractivity contribution in [3.8, 4) is 11.6 Å². The molecule has 1 aromatic heterocycles. The average molecular weight is 332 g/mol. The summed E-state index contributed by atoms with van der Waals surface area (Å²) in [4.78, 5) is 3.99. The van der Waals surface area contributed by atoms with E-state index >= 15 is 0 Å². The lowest BCUT2D eigenvalue weighted by molar-refractivity contribution is 0.457. The molecule has 0 saturated carbocycles. The molecule has 6 heteroatoms. The molecule has 1 aromatic carbocycles. The third-order valence-corrected chi connectivity index (χ3v) is 2.99. The van der Waals surface area contributed by atoms with Gasteiger partial charge in [-0.05, 0) is 17.7 Å². The van der Waals surface area contributed by atoms with E-state index in [1.54, 1.807) is 12.1 Å². The standard InChI is InChI=1S/C12H9BrClFN2O/c13-8-2-9(15)4-10(3-8)18-12-1-7(5-16)11(14)6-17-12/h1-4,6H,5,16H2. The predicted octanol–water partition coefficient (Wildman–Crippen LogP) is 3.89. The van der Waals surface area contributed by atoms with E-state index in [4.69, 9.17) is 22.1 Å². The fourth-order valence-electron chi connectivity index (χ4n) is 1.38. The highest BCUT2D eigenvalue weighted by Crippen LogP contribution is 2.26. The van der Waals surface area contributed by atoms with Crippen LogP contribution in [0.3, 0.4) is 0 Å². The van der Waals surface area contributed by atoms with Gasteiger partial charge in [-0.2, -0.15) is 0 Å². The molecule has 0 radical (unpaired) electrons. The quantitative estimate of drug-likeness (QED) is 0.928. The maximum Gasteiger partial charge on any atom is 0.219 e. The molecule has 0 saturated heterocycles. The zero-order chi connectivity index (χ0) is 13.1. The van der Waals surface area contributed by atoms with E-state index in [2.05, 4.69) is 20.9 Å². The zero-order valence-electron chi connectivity index (χ0n) is 9.16. The maximum absolute atomic E-state index is 13.2. The molecule has 0 spiro atoms. The van der Waals surface area contributed by atoms with Gasteiger partial charge in [-0.3, -0.25) is 0 Å². The molecule has 2 N–H and O–H groups in total. The largest absolute Gasteiger partial charge is 0.439 e. The van der Waals surface area contributed by atoms with Gasteiger partial charge in [0.15, 0.2) is 0 Å². The molecule has 0 unspecified atom stereocenters. The lowest BCUT2D eigenvalue weighted by atomic mass is 10.2. The van der Waals surface area contributed by atoms with Gasteiger partial charge in [-0.25, -0.2) is 9.37 Å². The van der Waals surface area contributed by atoms with Crippen molar-refractivity contribution in [1.29, 1.82) is 0 Å². The monoisotopic (exact) mass is 330 g/mol. The highest BCUT2D eigenvalue weighted by molar-refractivity contribution is 9.10. The van der Waals surface area contributed by atoms with Crippen LogP contribution in [0.1, 0.15) is 5.56 Å². The molecule has 3 nitrogen and oxygen atoms in total. The van der Waals surface area contributed by atoms with Crippen LogP contribution in [0.15, 0.2) is 34.9 Å². The molecule has 0 fully saturated rings. The van der Waals surface area contributed by atoms with Crippen molar-refractivity contribution < 1.29 is 9.13 Å².